The first-order valence-electron chi connectivity index (χ1n) is 5.96. The molecule has 1 saturated heterocycles. The molecule has 1 N–H and O–H groups in total. The second-order valence-electron chi connectivity index (χ2n) is 4.16. The second-order valence-corrected chi connectivity index (χ2v) is 4.16. The van der Waals surface area contributed by atoms with Crippen molar-refractivity contribution in [2.75, 3.05) is 19.7 Å². The minimum absolute atomic E-state index is 0.471. The van der Waals surface area contributed by atoms with Crippen LogP contribution in [0.25, 0.3) is 0 Å². The maximum atomic E-state index is 5.54. The molecule has 1 aliphatic rings. The molecule has 1 unspecified atom stereocenters. The van der Waals surface area contributed by atoms with Gasteiger partial charge in [0.25, 0.3) is 0 Å². The smallest absolute Gasteiger partial charge is 0.227 e. The number of nitrogens with zero attached hydrogens (tertiary/aromatic N) is 2. The van der Waals surface area contributed by atoms with Crippen LogP contribution in [0, 0.1) is 6.92 Å². The molecule has 2 heterocycles. The summed E-state index contributed by atoms with van der Waals surface area (Å²) in [5.41, 5.74) is 0. The van der Waals surface area contributed by atoms with E-state index >= 15 is 0 Å². The lowest BCUT2D eigenvalue weighted by molar-refractivity contribution is 0.104. The first-order chi connectivity index (χ1) is 7.84. The molecule has 5 heteroatoms. The lowest BCUT2D eigenvalue weighted by Crippen LogP contribution is -2.22. The van der Waals surface area contributed by atoms with Crippen LogP contribution >= 0.6 is 0 Å². The number of hydrogen-bond acceptors (Lipinski definition) is 5. The summed E-state index contributed by atoms with van der Waals surface area (Å²) in [4.78, 5) is 4.14. The highest BCUT2D eigenvalue weighted by atomic mass is 16.5. The van der Waals surface area contributed by atoms with E-state index in [2.05, 4.69) is 15.5 Å². The molecule has 1 aromatic heterocycles. The number of aryl methyl sites for hydroxylation is 1. The first-order valence-corrected chi connectivity index (χ1v) is 5.96. The molecular formula is C11H19N3O2. The predicted octanol–water partition coefficient (Wildman–Crippen LogP) is 1.08. The van der Waals surface area contributed by atoms with Crippen LogP contribution in [0.3, 0.4) is 0 Å². The lowest BCUT2D eigenvalue weighted by Gasteiger charge is -2.08. The molecular weight excluding hydrogens is 206 g/mol. The summed E-state index contributed by atoms with van der Waals surface area (Å²) in [7, 11) is 0. The standard InChI is InChI=1S/C11H19N3O2/c1-9-13-11(16-14-9)5-7-12-6-4-10-3-2-8-15-10/h10,12H,2-8H2,1H3. The van der Waals surface area contributed by atoms with Crippen LogP contribution < -0.4 is 5.32 Å². The zero-order valence-corrected chi connectivity index (χ0v) is 9.74. The van der Waals surface area contributed by atoms with Crippen LogP contribution in [-0.4, -0.2) is 35.9 Å². The molecule has 16 heavy (non-hydrogen) atoms. The highest BCUT2D eigenvalue weighted by Gasteiger charge is 2.14. The van der Waals surface area contributed by atoms with Crippen molar-refractivity contribution in [3.63, 3.8) is 0 Å². The zero-order valence-electron chi connectivity index (χ0n) is 9.74. The van der Waals surface area contributed by atoms with Gasteiger partial charge in [-0.05, 0) is 32.7 Å². The minimum Gasteiger partial charge on any atom is -0.378 e. The van der Waals surface area contributed by atoms with Crippen molar-refractivity contribution in [3.8, 4) is 0 Å². The van der Waals surface area contributed by atoms with Crippen LogP contribution in [0.15, 0.2) is 4.52 Å². The van der Waals surface area contributed by atoms with Gasteiger partial charge in [-0.2, -0.15) is 4.98 Å². The average molecular weight is 225 g/mol. The Morgan fingerprint density at radius 2 is 2.38 bits per heavy atom. The summed E-state index contributed by atoms with van der Waals surface area (Å²) in [6, 6.07) is 0. The Labute approximate surface area is 95.6 Å². The Bertz CT molecular complexity index is 308. The lowest BCUT2D eigenvalue weighted by atomic mass is 10.2. The number of nitrogens with one attached hydrogen (secondary N) is 1. The van der Waals surface area contributed by atoms with Crippen LogP contribution in [0.5, 0.6) is 0 Å². The molecule has 1 aromatic rings. The van der Waals surface area contributed by atoms with Gasteiger partial charge in [0.15, 0.2) is 5.82 Å². The molecule has 0 saturated carbocycles. The largest absolute Gasteiger partial charge is 0.378 e. The molecule has 0 spiro atoms. The molecule has 1 fully saturated rings. The van der Waals surface area contributed by atoms with Crippen molar-refractivity contribution < 1.29 is 9.26 Å². The van der Waals surface area contributed by atoms with Crippen LogP contribution in [-0.2, 0) is 11.2 Å². The summed E-state index contributed by atoms with van der Waals surface area (Å²) in [6.45, 7) is 4.65. The van der Waals surface area contributed by atoms with E-state index in [9.17, 15) is 0 Å². The quantitative estimate of drug-likeness (QED) is 0.734. The Morgan fingerprint density at radius 3 is 3.06 bits per heavy atom. The molecule has 2 rings (SSSR count). The van der Waals surface area contributed by atoms with Gasteiger partial charge in [-0.3, -0.25) is 0 Å². The first kappa shape index (κ1) is 11.5. The van der Waals surface area contributed by atoms with Gasteiger partial charge in [-0.1, -0.05) is 5.16 Å². The van der Waals surface area contributed by atoms with Crippen molar-refractivity contribution in [1.29, 1.82) is 0 Å². The molecule has 0 bridgehead atoms. The van der Waals surface area contributed by atoms with Gasteiger partial charge in [0.1, 0.15) is 0 Å². The Morgan fingerprint density at radius 1 is 1.44 bits per heavy atom. The van der Waals surface area contributed by atoms with Crippen molar-refractivity contribution in [1.82, 2.24) is 15.5 Å². The number of ether oxygens (including phenoxy) is 1. The van der Waals surface area contributed by atoms with Gasteiger partial charge < -0.3 is 14.6 Å². The summed E-state index contributed by atoms with van der Waals surface area (Å²) in [5, 5.41) is 7.11. The molecule has 0 aromatic carbocycles. The maximum Gasteiger partial charge on any atom is 0.227 e. The van der Waals surface area contributed by atoms with Gasteiger partial charge in [0, 0.05) is 19.6 Å². The topological polar surface area (TPSA) is 60.2 Å². The molecule has 1 aliphatic heterocycles. The Kier molecular flexibility index (Phi) is 4.30. The van der Waals surface area contributed by atoms with E-state index in [1.807, 2.05) is 6.92 Å². The second kappa shape index (κ2) is 5.96. The SMILES string of the molecule is Cc1noc(CCNCCC2CCCO2)n1. The third kappa shape index (κ3) is 3.57. The fourth-order valence-corrected chi connectivity index (χ4v) is 1.90. The summed E-state index contributed by atoms with van der Waals surface area (Å²) >= 11 is 0. The highest BCUT2D eigenvalue weighted by Crippen LogP contribution is 2.14. The molecule has 0 aliphatic carbocycles. The molecule has 0 amide bonds. The van der Waals surface area contributed by atoms with Crippen LogP contribution in [0.4, 0.5) is 0 Å². The van der Waals surface area contributed by atoms with E-state index in [1.165, 1.54) is 12.8 Å². The third-order valence-corrected chi connectivity index (χ3v) is 2.75. The van der Waals surface area contributed by atoms with E-state index < -0.39 is 0 Å². The number of hydrogen-bond donors (Lipinski definition) is 1. The van der Waals surface area contributed by atoms with Gasteiger partial charge in [0.2, 0.25) is 5.89 Å². The van der Waals surface area contributed by atoms with E-state index in [1.54, 1.807) is 0 Å². The van der Waals surface area contributed by atoms with E-state index in [-0.39, 0.29) is 0 Å². The van der Waals surface area contributed by atoms with Gasteiger partial charge in [-0.25, -0.2) is 0 Å². The van der Waals surface area contributed by atoms with E-state index in [4.69, 9.17) is 9.26 Å². The van der Waals surface area contributed by atoms with Crippen LogP contribution in [0.2, 0.25) is 0 Å². The maximum absolute atomic E-state index is 5.54. The molecule has 5 nitrogen and oxygen atoms in total. The number of aromatic nitrogens is 2. The zero-order chi connectivity index (χ0) is 11.2. The fourth-order valence-electron chi connectivity index (χ4n) is 1.90. The summed E-state index contributed by atoms with van der Waals surface area (Å²) < 4.78 is 10.6. The van der Waals surface area contributed by atoms with Crippen molar-refractivity contribution >= 4 is 0 Å². The molecule has 1 atom stereocenters. The Hall–Kier alpha value is -0.940. The number of rotatable bonds is 6. The minimum atomic E-state index is 0.471. The summed E-state index contributed by atoms with van der Waals surface area (Å²) in [6.07, 6.45) is 4.80. The molecule has 90 valence electrons. The monoisotopic (exact) mass is 225 g/mol. The predicted molar refractivity (Wildman–Crippen MR) is 59.2 cm³/mol. The van der Waals surface area contributed by atoms with Gasteiger partial charge in [-0.15, -0.1) is 0 Å². The molecule has 0 radical (unpaired) electrons. The van der Waals surface area contributed by atoms with Crippen molar-refractivity contribution in [3.05, 3.63) is 11.7 Å². The normalized spacial score (nSPS) is 20.4. The third-order valence-electron chi connectivity index (χ3n) is 2.75. The van der Waals surface area contributed by atoms with Gasteiger partial charge >= 0.3 is 0 Å². The van der Waals surface area contributed by atoms with Crippen LogP contribution in [0.1, 0.15) is 31.0 Å². The van der Waals surface area contributed by atoms with Crippen molar-refractivity contribution in [2.45, 2.75) is 38.7 Å². The summed E-state index contributed by atoms with van der Waals surface area (Å²) in [5.74, 6) is 1.41. The fraction of sp³-hybridized carbons (Fsp3) is 0.818. The van der Waals surface area contributed by atoms with Gasteiger partial charge in [0.05, 0.1) is 6.10 Å². The average Bonchev–Trinajstić information content (AvgIpc) is 2.89. The Balaban J connectivity index is 1.51. The van der Waals surface area contributed by atoms with E-state index in [0.29, 0.717) is 17.8 Å². The highest BCUT2D eigenvalue weighted by molar-refractivity contribution is 4.83. The van der Waals surface area contributed by atoms with E-state index in [0.717, 1.165) is 32.5 Å². The van der Waals surface area contributed by atoms with Crippen molar-refractivity contribution in [2.24, 2.45) is 0 Å².